The Bertz CT molecular complexity index is 682. The van der Waals surface area contributed by atoms with Gasteiger partial charge in [-0.15, -0.1) is 0 Å². The number of likely N-dealkylation sites (N-methyl/N-ethyl adjacent to an activating group) is 1. The molecule has 0 bridgehead atoms. The van der Waals surface area contributed by atoms with Crippen LogP contribution >= 0.6 is 0 Å². The molecule has 0 saturated heterocycles. The molecular formula is C24H27N. The van der Waals surface area contributed by atoms with Gasteiger partial charge in [-0.05, 0) is 43.1 Å². The first-order chi connectivity index (χ1) is 12.3. The average Bonchev–Trinajstić information content (AvgIpc) is 2.69. The molecule has 0 aliphatic carbocycles. The molecule has 0 unspecified atom stereocenters. The summed E-state index contributed by atoms with van der Waals surface area (Å²) in [6.07, 6.45) is 2.25. The lowest BCUT2D eigenvalue weighted by atomic mass is 9.88. The third-order valence-corrected chi connectivity index (χ3v) is 4.83. The van der Waals surface area contributed by atoms with Crippen LogP contribution in [-0.4, -0.2) is 25.0 Å². The van der Waals surface area contributed by atoms with Crippen LogP contribution in [0.2, 0.25) is 0 Å². The summed E-state index contributed by atoms with van der Waals surface area (Å²) in [7, 11) is 2.23. The van der Waals surface area contributed by atoms with Gasteiger partial charge in [0.1, 0.15) is 0 Å². The fraction of sp³-hybridized carbons (Fsp3) is 0.250. The van der Waals surface area contributed by atoms with Gasteiger partial charge in [-0.25, -0.2) is 0 Å². The monoisotopic (exact) mass is 329 g/mol. The van der Waals surface area contributed by atoms with Crippen LogP contribution in [0.4, 0.5) is 0 Å². The van der Waals surface area contributed by atoms with E-state index in [0.717, 1.165) is 25.9 Å². The Hall–Kier alpha value is -2.38. The molecule has 3 aromatic carbocycles. The van der Waals surface area contributed by atoms with Crippen LogP contribution in [0.15, 0.2) is 91.0 Å². The minimum Gasteiger partial charge on any atom is -0.306 e. The molecule has 3 rings (SSSR count). The van der Waals surface area contributed by atoms with Gasteiger partial charge in [0.15, 0.2) is 0 Å². The van der Waals surface area contributed by atoms with E-state index in [1.165, 1.54) is 16.7 Å². The zero-order valence-electron chi connectivity index (χ0n) is 15.0. The summed E-state index contributed by atoms with van der Waals surface area (Å²) in [6, 6.07) is 32.5. The van der Waals surface area contributed by atoms with Crippen molar-refractivity contribution in [1.29, 1.82) is 0 Å². The van der Waals surface area contributed by atoms with E-state index in [1.807, 2.05) is 0 Å². The van der Waals surface area contributed by atoms with Crippen molar-refractivity contribution in [2.24, 2.45) is 0 Å². The zero-order chi connectivity index (χ0) is 17.3. The Balaban J connectivity index is 1.61. The number of hydrogen-bond acceptors (Lipinski definition) is 1. The van der Waals surface area contributed by atoms with Crippen molar-refractivity contribution in [1.82, 2.24) is 4.90 Å². The largest absolute Gasteiger partial charge is 0.306 e. The highest BCUT2D eigenvalue weighted by molar-refractivity contribution is 5.32. The SMILES string of the molecule is CN(CCc1ccccc1)CCC(c1ccccc1)c1ccccc1. The van der Waals surface area contributed by atoms with E-state index in [1.54, 1.807) is 0 Å². The van der Waals surface area contributed by atoms with Crippen LogP contribution in [0, 0.1) is 0 Å². The van der Waals surface area contributed by atoms with Crippen LogP contribution in [0.25, 0.3) is 0 Å². The zero-order valence-corrected chi connectivity index (χ0v) is 15.0. The van der Waals surface area contributed by atoms with E-state index in [9.17, 15) is 0 Å². The standard InChI is InChI=1S/C24H27N/c1-25(19-17-21-11-5-2-6-12-21)20-18-24(22-13-7-3-8-14-22)23-15-9-4-10-16-23/h2-16,24H,17-20H2,1H3. The van der Waals surface area contributed by atoms with Crippen molar-refractivity contribution in [3.8, 4) is 0 Å². The van der Waals surface area contributed by atoms with Gasteiger partial charge in [0.05, 0.1) is 0 Å². The molecule has 0 heterocycles. The molecule has 0 saturated carbocycles. The van der Waals surface area contributed by atoms with Crippen LogP contribution in [0.5, 0.6) is 0 Å². The van der Waals surface area contributed by atoms with Gasteiger partial charge >= 0.3 is 0 Å². The molecule has 0 amide bonds. The predicted octanol–water partition coefficient (Wildman–Crippen LogP) is 5.38. The number of benzene rings is 3. The Labute approximate surface area is 151 Å². The molecular weight excluding hydrogens is 302 g/mol. The highest BCUT2D eigenvalue weighted by Gasteiger charge is 2.14. The molecule has 0 atom stereocenters. The molecule has 0 aliphatic heterocycles. The Morgan fingerprint density at radius 2 is 1.12 bits per heavy atom. The smallest absolute Gasteiger partial charge is 0.0101 e. The number of nitrogens with zero attached hydrogens (tertiary/aromatic N) is 1. The summed E-state index contributed by atoms with van der Waals surface area (Å²) in [5.41, 5.74) is 4.23. The Kier molecular flexibility index (Phi) is 6.42. The van der Waals surface area contributed by atoms with Gasteiger partial charge in [-0.3, -0.25) is 0 Å². The lowest BCUT2D eigenvalue weighted by Crippen LogP contribution is -2.24. The summed E-state index contributed by atoms with van der Waals surface area (Å²) in [4.78, 5) is 2.45. The van der Waals surface area contributed by atoms with E-state index in [0.29, 0.717) is 5.92 Å². The molecule has 0 aromatic heterocycles. The number of rotatable bonds is 8. The normalized spacial score (nSPS) is 11.2. The maximum atomic E-state index is 2.45. The third-order valence-electron chi connectivity index (χ3n) is 4.83. The van der Waals surface area contributed by atoms with Gasteiger partial charge in [-0.2, -0.15) is 0 Å². The lowest BCUT2D eigenvalue weighted by Gasteiger charge is -2.22. The minimum atomic E-state index is 0.460. The molecule has 128 valence electrons. The van der Waals surface area contributed by atoms with Gasteiger partial charge in [-0.1, -0.05) is 91.0 Å². The molecule has 3 aromatic rings. The van der Waals surface area contributed by atoms with Crippen LogP contribution in [-0.2, 0) is 6.42 Å². The van der Waals surface area contributed by atoms with E-state index in [-0.39, 0.29) is 0 Å². The van der Waals surface area contributed by atoms with Crippen molar-refractivity contribution in [2.45, 2.75) is 18.8 Å². The average molecular weight is 329 g/mol. The molecule has 0 spiro atoms. The summed E-state index contributed by atoms with van der Waals surface area (Å²) in [6.45, 7) is 2.20. The first kappa shape index (κ1) is 17.4. The van der Waals surface area contributed by atoms with Gasteiger partial charge in [0.25, 0.3) is 0 Å². The predicted molar refractivity (Wildman–Crippen MR) is 107 cm³/mol. The van der Waals surface area contributed by atoms with Crippen molar-refractivity contribution in [3.05, 3.63) is 108 Å². The molecule has 25 heavy (non-hydrogen) atoms. The second-order valence-electron chi connectivity index (χ2n) is 6.70. The van der Waals surface area contributed by atoms with E-state index in [4.69, 9.17) is 0 Å². The maximum absolute atomic E-state index is 2.45. The van der Waals surface area contributed by atoms with Crippen molar-refractivity contribution < 1.29 is 0 Å². The second kappa shape index (κ2) is 9.19. The molecule has 0 radical (unpaired) electrons. The summed E-state index contributed by atoms with van der Waals surface area (Å²) >= 11 is 0. The first-order valence-electron chi connectivity index (χ1n) is 9.15. The fourth-order valence-electron chi connectivity index (χ4n) is 3.32. The lowest BCUT2D eigenvalue weighted by molar-refractivity contribution is 0.327. The molecule has 0 aliphatic rings. The highest BCUT2D eigenvalue weighted by atomic mass is 15.1. The maximum Gasteiger partial charge on any atom is 0.0101 e. The molecule has 0 N–H and O–H groups in total. The van der Waals surface area contributed by atoms with Gasteiger partial charge in [0.2, 0.25) is 0 Å². The summed E-state index contributed by atoms with van der Waals surface area (Å²) in [5, 5.41) is 0. The highest BCUT2D eigenvalue weighted by Crippen LogP contribution is 2.27. The van der Waals surface area contributed by atoms with Crippen LogP contribution in [0.3, 0.4) is 0 Å². The molecule has 1 heteroatoms. The summed E-state index contributed by atoms with van der Waals surface area (Å²) in [5.74, 6) is 0.460. The number of hydrogen-bond donors (Lipinski definition) is 0. The van der Waals surface area contributed by atoms with Crippen molar-refractivity contribution in [3.63, 3.8) is 0 Å². The van der Waals surface area contributed by atoms with Gasteiger partial charge < -0.3 is 4.90 Å². The van der Waals surface area contributed by atoms with Crippen molar-refractivity contribution >= 4 is 0 Å². The first-order valence-corrected chi connectivity index (χ1v) is 9.15. The third kappa shape index (κ3) is 5.30. The van der Waals surface area contributed by atoms with E-state index >= 15 is 0 Å². The summed E-state index contributed by atoms with van der Waals surface area (Å²) < 4.78 is 0. The van der Waals surface area contributed by atoms with Crippen molar-refractivity contribution in [2.75, 3.05) is 20.1 Å². The quantitative estimate of drug-likeness (QED) is 0.536. The molecule has 1 nitrogen and oxygen atoms in total. The second-order valence-corrected chi connectivity index (χ2v) is 6.70. The van der Waals surface area contributed by atoms with E-state index in [2.05, 4.69) is 103 Å². The molecule has 0 fully saturated rings. The Morgan fingerprint density at radius 3 is 1.64 bits per heavy atom. The van der Waals surface area contributed by atoms with Crippen LogP contribution < -0.4 is 0 Å². The van der Waals surface area contributed by atoms with Gasteiger partial charge in [0, 0.05) is 12.5 Å². The van der Waals surface area contributed by atoms with E-state index < -0.39 is 0 Å². The minimum absolute atomic E-state index is 0.460. The topological polar surface area (TPSA) is 3.24 Å². The fourth-order valence-corrected chi connectivity index (χ4v) is 3.32. The Morgan fingerprint density at radius 1 is 0.640 bits per heavy atom. The van der Waals surface area contributed by atoms with Crippen LogP contribution in [0.1, 0.15) is 29.0 Å².